The number of nitrogens with zero attached hydrogens (tertiary/aromatic N) is 1. The summed E-state index contributed by atoms with van der Waals surface area (Å²) in [5.41, 5.74) is 1.43. The Labute approximate surface area is 193 Å². The number of rotatable bonds is 12. The molecule has 0 atom stereocenters. The fourth-order valence-electron chi connectivity index (χ4n) is 2.78. The zero-order chi connectivity index (χ0) is 22.9. The van der Waals surface area contributed by atoms with Crippen LogP contribution in [0.5, 0.6) is 11.5 Å². The Morgan fingerprint density at radius 2 is 1.94 bits per heavy atom. The van der Waals surface area contributed by atoms with Crippen LogP contribution in [0.25, 0.3) is 0 Å². The van der Waals surface area contributed by atoms with Crippen molar-refractivity contribution in [1.82, 2.24) is 5.32 Å². The largest absolute Gasteiger partial charge is 0.497 e. The van der Waals surface area contributed by atoms with Gasteiger partial charge in [-0.05, 0) is 42.0 Å². The number of carbonyl (C=O) groups is 1. The molecule has 2 rings (SSSR count). The second-order valence-electron chi connectivity index (χ2n) is 6.69. The lowest BCUT2D eigenvalue weighted by Gasteiger charge is -2.24. The Morgan fingerprint density at radius 3 is 2.58 bits per heavy atom. The third kappa shape index (κ3) is 8.16. The van der Waals surface area contributed by atoms with Crippen LogP contribution in [0.2, 0.25) is 5.02 Å². The van der Waals surface area contributed by atoms with Crippen molar-refractivity contribution in [3.63, 3.8) is 0 Å². The van der Waals surface area contributed by atoms with E-state index in [1.807, 2.05) is 24.3 Å². The molecule has 0 aliphatic carbocycles. The van der Waals surface area contributed by atoms with Crippen molar-refractivity contribution in [3.8, 4) is 11.5 Å². The highest BCUT2D eigenvalue weighted by molar-refractivity contribution is 7.98. The molecule has 7 nitrogen and oxygen atoms in total. The van der Waals surface area contributed by atoms with E-state index < -0.39 is 10.0 Å². The van der Waals surface area contributed by atoms with Gasteiger partial charge in [0.1, 0.15) is 18.0 Å². The Bertz CT molecular complexity index is 985. The Hall–Kier alpha value is -2.10. The molecule has 10 heteroatoms. The summed E-state index contributed by atoms with van der Waals surface area (Å²) in [6.07, 6.45) is 1.82. The van der Waals surface area contributed by atoms with E-state index in [4.69, 9.17) is 21.1 Å². The maximum absolute atomic E-state index is 12.4. The summed E-state index contributed by atoms with van der Waals surface area (Å²) in [6, 6.07) is 12.5. The number of halogens is 1. The number of sulfonamides is 1. The number of methoxy groups -OCH3 is 2. The van der Waals surface area contributed by atoms with Crippen LogP contribution >= 0.6 is 23.4 Å². The molecule has 0 unspecified atom stereocenters. The van der Waals surface area contributed by atoms with E-state index in [1.165, 1.54) is 14.2 Å². The first-order valence-corrected chi connectivity index (χ1v) is 12.9. The lowest BCUT2D eigenvalue weighted by atomic mass is 10.2. The Morgan fingerprint density at radius 1 is 1.16 bits per heavy atom. The van der Waals surface area contributed by atoms with Gasteiger partial charge in [0.05, 0.1) is 26.2 Å². The average Bonchev–Trinajstić information content (AvgIpc) is 2.73. The van der Waals surface area contributed by atoms with Gasteiger partial charge in [0.25, 0.3) is 0 Å². The quantitative estimate of drug-likeness (QED) is 0.462. The van der Waals surface area contributed by atoms with Crippen molar-refractivity contribution in [3.05, 3.63) is 53.1 Å². The first kappa shape index (κ1) is 25.2. The van der Waals surface area contributed by atoms with Crippen molar-refractivity contribution in [2.24, 2.45) is 0 Å². The number of ether oxygens (including phenoxy) is 2. The van der Waals surface area contributed by atoms with Gasteiger partial charge in [0.15, 0.2) is 0 Å². The minimum atomic E-state index is -3.70. The monoisotopic (exact) mass is 486 g/mol. The molecule has 0 saturated carbocycles. The summed E-state index contributed by atoms with van der Waals surface area (Å²) in [4.78, 5) is 12.4. The summed E-state index contributed by atoms with van der Waals surface area (Å²) < 4.78 is 36.1. The Balaban J connectivity index is 1.86. The van der Waals surface area contributed by atoms with Gasteiger partial charge in [0, 0.05) is 23.4 Å². The zero-order valence-electron chi connectivity index (χ0n) is 17.8. The van der Waals surface area contributed by atoms with Crippen LogP contribution in [-0.2, 0) is 20.6 Å². The predicted octanol–water partition coefficient (Wildman–Crippen LogP) is 3.56. The molecular weight excluding hydrogens is 460 g/mol. The molecule has 0 heterocycles. The minimum absolute atomic E-state index is 0.276. The van der Waals surface area contributed by atoms with E-state index in [9.17, 15) is 13.2 Å². The highest BCUT2D eigenvalue weighted by Gasteiger charge is 2.24. The molecule has 2 aromatic carbocycles. The van der Waals surface area contributed by atoms with E-state index in [2.05, 4.69) is 5.32 Å². The van der Waals surface area contributed by atoms with E-state index in [1.54, 1.807) is 30.0 Å². The van der Waals surface area contributed by atoms with Crippen molar-refractivity contribution in [2.75, 3.05) is 43.6 Å². The molecule has 2 aromatic rings. The summed E-state index contributed by atoms with van der Waals surface area (Å²) in [5.74, 6) is 2.13. The van der Waals surface area contributed by atoms with Gasteiger partial charge in [-0.3, -0.25) is 9.10 Å². The van der Waals surface area contributed by atoms with Crippen molar-refractivity contribution in [1.29, 1.82) is 0 Å². The zero-order valence-corrected chi connectivity index (χ0v) is 20.1. The van der Waals surface area contributed by atoms with Crippen molar-refractivity contribution in [2.45, 2.75) is 12.2 Å². The molecule has 0 radical (unpaired) electrons. The van der Waals surface area contributed by atoms with Crippen LogP contribution in [0.1, 0.15) is 12.0 Å². The Kier molecular flexibility index (Phi) is 9.80. The lowest BCUT2D eigenvalue weighted by Crippen LogP contribution is -2.40. The molecule has 0 saturated heterocycles. The van der Waals surface area contributed by atoms with E-state index in [0.717, 1.165) is 34.1 Å². The van der Waals surface area contributed by atoms with Gasteiger partial charge in [-0.2, -0.15) is 11.8 Å². The molecular formula is C21H27ClN2O5S2. The first-order chi connectivity index (χ1) is 14.7. The second kappa shape index (κ2) is 12.1. The standard InChI is InChI=1S/C21H27ClN2O5S2/c1-28-18-8-9-19(20(13-18)29-2)24(31(3,26)27)14-21(25)23-10-5-11-30-15-16-6-4-7-17(22)12-16/h4,6-9,12-13H,5,10-11,14-15H2,1-3H3,(H,23,25). The van der Waals surface area contributed by atoms with Gasteiger partial charge in [-0.25, -0.2) is 8.42 Å². The van der Waals surface area contributed by atoms with Crippen molar-refractivity contribution < 1.29 is 22.7 Å². The number of amides is 1. The van der Waals surface area contributed by atoms with Crippen LogP contribution < -0.4 is 19.1 Å². The number of hydrogen-bond donors (Lipinski definition) is 1. The number of carbonyl (C=O) groups excluding carboxylic acids is 1. The van der Waals surface area contributed by atoms with E-state index in [-0.39, 0.29) is 18.1 Å². The van der Waals surface area contributed by atoms with Gasteiger partial charge in [-0.15, -0.1) is 0 Å². The van der Waals surface area contributed by atoms with Crippen molar-refractivity contribution >= 4 is 45.0 Å². The molecule has 0 bridgehead atoms. The minimum Gasteiger partial charge on any atom is -0.497 e. The molecule has 0 aliphatic heterocycles. The van der Waals surface area contributed by atoms with E-state index >= 15 is 0 Å². The maximum Gasteiger partial charge on any atom is 0.240 e. The second-order valence-corrected chi connectivity index (χ2v) is 10.1. The van der Waals surface area contributed by atoms with Gasteiger partial charge >= 0.3 is 0 Å². The fraction of sp³-hybridized carbons (Fsp3) is 0.381. The summed E-state index contributed by atoms with van der Waals surface area (Å²) in [5, 5.41) is 3.49. The third-order valence-electron chi connectivity index (χ3n) is 4.29. The smallest absolute Gasteiger partial charge is 0.240 e. The number of thioether (sulfide) groups is 1. The number of anilines is 1. The number of hydrogen-bond acceptors (Lipinski definition) is 6. The molecule has 31 heavy (non-hydrogen) atoms. The molecule has 1 N–H and O–H groups in total. The summed E-state index contributed by atoms with van der Waals surface area (Å²) in [6.45, 7) is 0.121. The molecule has 0 fully saturated rings. The van der Waals surface area contributed by atoms with Gasteiger partial charge < -0.3 is 14.8 Å². The number of benzene rings is 2. The third-order valence-corrected chi connectivity index (χ3v) is 6.76. The summed E-state index contributed by atoms with van der Waals surface area (Å²) in [7, 11) is -0.768. The predicted molar refractivity (Wildman–Crippen MR) is 127 cm³/mol. The van der Waals surface area contributed by atoms with Crippen LogP contribution in [0.3, 0.4) is 0 Å². The molecule has 0 aromatic heterocycles. The van der Waals surface area contributed by atoms with Crippen LogP contribution in [0.4, 0.5) is 5.69 Å². The molecule has 0 aliphatic rings. The highest BCUT2D eigenvalue weighted by Crippen LogP contribution is 2.33. The van der Waals surface area contributed by atoms with Gasteiger partial charge in [-0.1, -0.05) is 23.7 Å². The van der Waals surface area contributed by atoms with Crippen LogP contribution in [0, 0.1) is 0 Å². The van der Waals surface area contributed by atoms with Gasteiger partial charge in [0.2, 0.25) is 15.9 Å². The fourth-order valence-corrected chi connectivity index (χ4v) is 4.76. The average molecular weight is 487 g/mol. The lowest BCUT2D eigenvalue weighted by molar-refractivity contribution is -0.119. The van der Waals surface area contributed by atoms with Crippen LogP contribution in [-0.4, -0.2) is 53.6 Å². The normalized spacial score (nSPS) is 11.1. The first-order valence-electron chi connectivity index (χ1n) is 9.53. The molecule has 1 amide bonds. The van der Waals surface area contributed by atoms with Crippen LogP contribution in [0.15, 0.2) is 42.5 Å². The summed E-state index contributed by atoms with van der Waals surface area (Å²) >= 11 is 7.72. The molecule has 0 spiro atoms. The topological polar surface area (TPSA) is 84.9 Å². The highest BCUT2D eigenvalue weighted by atomic mass is 35.5. The van der Waals surface area contributed by atoms with E-state index in [0.29, 0.717) is 23.1 Å². The SMILES string of the molecule is COc1ccc(N(CC(=O)NCCCSCc2cccc(Cl)c2)S(C)(=O)=O)c(OC)c1. The maximum atomic E-state index is 12.4. The number of nitrogens with one attached hydrogen (secondary N) is 1. The molecule has 170 valence electrons.